The number of aromatic nitrogens is 1. The molecule has 0 unspecified atom stereocenters. The predicted octanol–water partition coefficient (Wildman–Crippen LogP) is 1.96. The number of hydrogen-bond acceptors (Lipinski definition) is 4. The van der Waals surface area contributed by atoms with Crippen LogP contribution in [0.15, 0.2) is 18.2 Å². The summed E-state index contributed by atoms with van der Waals surface area (Å²) in [5, 5.41) is 20.2. The molecule has 3 rings (SSSR count). The standard InChI is InChI=1S/C20H26N2O5/c1-13-14(2)22(10-11-27-3)17-5-4-15(12-16(13)17)18(23)21-8-6-20(26,7-9-21)19(24)25/h4-5,12,26H,6-11H2,1-3H3,(H,24,25). The molecule has 2 heterocycles. The predicted molar refractivity (Wildman–Crippen MR) is 101 cm³/mol. The van der Waals surface area contributed by atoms with Gasteiger partial charge in [-0.15, -0.1) is 0 Å². The van der Waals surface area contributed by atoms with Crippen LogP contribution in [-0.2, 0) is 16.1 Å². The van der Waals surface area contributed by atoms with Crippen molar-refractivity contribution >= 4 is 22.8 Å². The highest BCUT2D eigenvalue weighted by Crippen LogP contribution is 2.28. The highest BCUT2D eigenvalue weighted by Gasteiger charge is 2.40. The molecule has 0 saturated carbocycles. The molecule has 0 atom stereocenters. The number of aryl methyl sites for hydroxylation is 1. The summed E-state index contributed by atoms with van der Waals surface area (Å²) in [5.74, 6) is -1.36. The number of aliphatic carboxylic acids is 1. The summed E-state index contributed by atoms with van der Waals surface area (Å²) in [6.45, 7) is 5.93. The van der Waals surface area contributed by atoms with Crippen molar-refractivity contribution < 1.29 is 24.5 Å². The number of carboxylic acid groups (broad SMARTS) is 1. The zero-order valence-electron chi connectivity index (χ0n) is 16.0. The molecule has 0 bridgehead atoms. The molecule has 1 aliphatic rings. The fraction of sp³-hybridized carbons (Fsp3) is 0.500. The molecule has 1 amide bonds. The van der Waals surface area contributed by atoms with Gasteiger partial charge in [-0.1, -0.05) is 0 Å². The number of methoxy groups -OCH3 is 1. The number of carbonyl (C=O) groups excluding carboxylic acids is 1. The molecule has 2 N–H and O–H groups in total. The van der Waals surface area contributed by atoms with Crippen LogP contribution in [0.3, 0.4) is 0 Å². The molecule has 7 nitrogen and oxygen atoms in total. The lowest BCUT2D eigenvalue weighted by atomic mass is 9.91. The molecule has 1 fully saturated rings. The number of carboxylic acids is 1. The van der Waals surface area contributed by atoms with E-state index in [0.29, 0.717) is 12.2 Å². The van der Waals surface area contributed by atoms with E-state index in [9.17, 15) is 14.7 Å². The maximum Gasteiger partial charge on any atom is 0.335 e. The lowest BCUT2D eigenvalue weighted by molar-refractivity contribution is -0.162. The van der Waals surface area contributed by atoms with Gasteiger partial charge in [0.15, 0.2) is 5.60 Å². The third kappa shape index (κ3) is 3.44. The molecule has 1 saturated heterocycles. The average molecular weight is 374 g/mol. The molecule has 1 aromatic heterocycles. The molecular formula is C20H26N2O5. The van der Waals surface area contributed by atoms with Crippen molar-refractivity contribution in [2.45, 2.75) is 38.8 Å². The van der Waals surface area contributed by atoms with Crippen LogP contribution in [0.25, 0.3) is 10.9 Å². The number of amides is 1. The van der Waals surface area contributed by atoms with E-state index in [1.807, 2.05) is 25.1 Å². The van der Waals surface area contributed by atoms with E-state index in [2.05, 4.69) is 11.5 Å². The molecular weight excluding hydrogens is 348 g/mol. The molecule has 0 aliphatic carbocycles. The van der Waals surface area contributed by atoms with E-state index in [-0.39, 0.29) is 31.8 Å². The molecule has 0 radical (unpaired) electrons. The molecule has 0 spiro atoms. The highest BCUT2D eigenvalue weighted by atomic mass is 16.5. The minimum Gasteiger partial charge on any atom is -0.479 e. The molecule has 1 aliphatic heterocycles. The van der Waals surface area contributed by atoms with E-state index in [1.54, 1.807) is 12.0 Å². The van der Waals surface area contributed by atoms with Gasteiger partial charge in [-0.2, -0.15) is 0 Å². The Morgan fingerprint density at radius 1 is 1.22 bits per heavy atom. The average Bonchev–Trinajstić information content (AvgIpc) is 2.90. The van der Waals surface area contributed by atoms with Gasteiger partial charge in [0.2, 0.25) is 0 Å². The van der Waals surface area contributed by atoms with E-state index < -0.39 is 11.6 Å². The number of hydrogen-bond donors (Lipinski definition) is 2. The van der Waals surface area contributed by atoms with Crippen molar-refractivity contribution in [3.63, 3.8) is 0 Å². The molecule has 2 aromatic rings. The van der Waals surface area contributed by atoms with Gasteiger partial charge in [0.05, 0.1) is 6.61 Å². The third-order valence-corrected chi connectivity index (χ3v) is 5.68. The number of rotatable bonds is 5. The Morgan fingerprint density at radius 2 is 1.89 bits per heavy atom. The number of nitrogens with zero attached hydrogens (tertiary/aromatic N) is 2. The van der Waals surface area contributed by atoms with Gasteiger partial charge >= 0.3 is 5.97 Å². The van der Waals surface area contributed by atoms with Gasteiger partial charge < -0.3 is 24.4 Å². The molecule has 7 heteroatoms. The lowest BCUT2D eigenvalue weighted by Gasteiger charge is -2.35. The van der Waals surface area contributed by atoms with E-state index in [0.717, 1.165) is 28.7 Å². The second-order valence-electron chi connectivity index (χ2n) is 7.22. The topological polar surface area (TPSA) is 92.0 Å². The molecule has 1 aromatic carbocycles. The fourth-order valence-electron chi connectivity index (χ4n) is 3.73. The molecule has 27 heavy (non-hydrogen) atoms. The van der Waals surface area contributed by atoms with Crippen molar-refractivity contribution in [3.05, 3.63) is 35.0 Å². The van der Waals surface area contributed by atoms with Gasteiger partial charge in [0, 0.05) is 61.7 Å². The van der Waals surface area contributed by atoms with Crippen molar-refractivity contribution in [2.75, 3.05) is 26.8 Å². The number of benzene rings is 1. The third-order valence-electron chi connectivity index (χ3n) is 5.68. The summed E-state index contributed by atoms with van der Waals surface area (Å²) in [7, 11) is 1.68. The Kier molecular flexibility index (Phi) is 5.26. The zero-order valence-corrected chi connectivity index (χ0v) is 16.0. The first-order chi connectivity index (χ1) is 12.8. The minimum atomic E-state index is -1.73. The van der Waals surface area contributed by atoms with Crippen LogP contribution in [0.5, 0.6) is 0 Å². The SMILES string of the molecule is COCCn1c(C)c(C)c2cc(C(=O)N3CCC(O)(C(=O)O)CC3)ccc21. The molecule has 146 valence electrons. The number of fused-ring (bicyclic) bond motifs is 1. The second kappa shape index (κ2) is 7.32. The highest BCUT2D eigenvalue weighted by molar-refractivity contribution is 5.99. The van der Waals surface area contributed by atoms with Gasteiger partial charge in [-0.3, -0.25) is 4.79 Å². The largest absolute Gasteiger partial charge is 0.479 e. The van der Waals surface area contributed by atoms with Crippen LogP contribution < -0.4 is 0 Å². The number of ether oxygens (including phenoxy) is 1. The maximum absolute atomic E-state index is 12.9. The van der Waals surface area contributed by atoms with Crippen molar-refractivity contribution in [3.8, 4) is 0 Å². The number of carbonyl (C=O) groups is 2. The fourth-order valence-corrected chi connectivity index (χ4v) is 3.73. The van der Waals surface area contributed by atoms with Crippen molar-refractivity contribution in [2.24, 2.45) is 0 Å². The Morgan fingerprint density at radius 3 is 2.48 bits per heavy atom. The summed E-state index contributed by atoms with van der Waals surface area (Å²) in [5.41, 5.74) is 2.20. The first kappa shape index (κ1) is 19.4. The normalized spacial score (nSPS) is 16.7. The summed E-state index contributed by atoms with van der Waals surface area (Å²) >= 11 is 0. The first-order valence-electron chi connectivity index (χ1n) is 9.12. The number of likely N-dealkylation sites (tertiary alicyclic amines) is 1. The maximum atomic E-state index is 12.9. The Hall–Kier alpha value is -2.38. The van der Waals surface area contributed by atoms with Crippen LogP contribution in [0.2, 0.25) is 0 Å². The first-order valence-corrected chi connectivity index (χ1v) is 9.12. The van der Waals surface area contributed by atoms with E-state index in [1.165, 1.54) is 0 Å². The van der Waals surface area contributed by atoms with E-state index in [4.69, 9.17) is 9.84 Å². The van der Waals surface area contributed by atoms with Crippen LogP contribution >= 0.6 is 0 Å². The van der Waals surface area contributed by atoms with Crippen molar-refractivity contribution in [1.82, 2.24) is 9.47 Å². The van der Waals surface area contributed by atoms with Crippen LogP contribution in [0, 0.1) is 13.8 Å². The number of aliphatic hydroxyl groups is 1. The van der Waals surface area contributed by atoms with Crippen LogP contribution in [0.1, 0.15) is 34.5 Å². The monoisotopic (exact) mass is 374 g/mol. The lowest BCUT2D eigenvalue weighted by Crippen LogP contribution is -2.50. The number of piperidine rings is 1. The summed E-state index contributed by atoms with van der Waals surface area (Å²) < 4.78 is 7.38. The quantitative estimate of drug-likeness (QED) is 0.835. The Bertz CT molecular complexity index is 878. The smallest absolute Gasteiger partial charge is 0.335 e. The zero-order chi connectivity index (χ0) is 19.8. The van der Waals surface area contributed by atoms with Crippen LogP contribution in [0.4, 0.5) is 0 Å². The van der Waals surface area contributed by atoms with Crippen LogP contribution in [-0.4, -0.2) is 64.0 Å². The minimum absolute atomic E-state index is 0.0435. The van der Waals surface area contributed by atoms with Gasteiger partial charge in [-0.05, 0) is 37.6 Å². The Labute approximate surface area is 158 Å². The summed E-state index contributed by atoms with van der Waals surface area (Å²) in [6, 6.07) is 5.67. The summed E-state index contributed by atoms with van der Waals surface area (Å²) in [4.78, 5) is 25.6. The Balaban J connectivity index is 1.84. The summed E-state index contributed by atoms with van der Waals surface area (Å²) in [6.07, 6.45) is 0.0870. The van der Waals surface area contributed by atoms with Gasteiger partial charge in [0.25, 0.3) is 5.91 Å². The van der Waals surface area contributed by atoms with Gasteiger partial charge in [0.1, 0.15) is 0 Å². The van der Waals surface area contributed by atoms with E-state index >= 15 is 0 Å². The van der Waals surface area contributed by atoms with Crippen molar-refractivity contribution in [1.29, 1.82) is 0 Å². The van der Waals surface area contributed by atoms with Gasteiger partial charge in [-0.25, -0.2) is 4.79 Å². The second-order valence-corrected chi connectivity index (χ2v) is 7.22.